The van der Waals surface area contributed by atoms with E-state index in [0.717, 1.165) is 0 Å². The number of hydrogen-bond donors (Lipinski definition) is 3. The van der Waals surface area contributed by atoms with Crippen LogP contribution in [0.5, 0.6) is 0 Å². The summed E-state index contributed by atoms with van der Waals surface area (Å²) in [7, 11) is 0. The van der Waals surface area contributed by atoms with Gasteiger partial charge in [0.1, 0.15) is 6.04 Å². The summed E-state index contributed by atoms with van der Waals surface area (Å²) in [6.45, 7) is 2.84. The Morgan fingerprint density at radius 1 is 1.22 bits per heavy atom. The Bertz CT molecular complexity index is 485. The first-order chi connectivity index (χ1) is 8.41. The van der Waals surface area contributed by atoms with Crippen LogP contribution in [-0.4, -0.2) is 23.8 Å². The molecule has 0 aliphatic carbocycles. The van der Waals surface area contributed by atoms with Gasteiger partial charge in [0.15, 0.2) is 0 Å². The number of hydrogen-bond acceptors (Lipinski definition) is 3. The van der Waals surface area contributed by atoms with Crippen LogP contribution >= 0.6 is 0 Å². The standard InChI is InChI=1S/C12H15N3O3/c1-7(11(13)17)14-12(18)9-5-3-4-6-10(9)15-8(2)16/h3-7H,1-2H3,(H2,13,17)(H,14,18)(H,15,16)/t7-/m0/s1. The highest BCUT2D eigenvalue weighted by Gasteiger charge is 2.16. The Hall–Kier alpha value is -2.37. The van der Waals surface area contributed by atoms with Gasteiger partial charge >= 0.3 is 0 Å². The summed E-state index contributed by atoms with van der Waals surface area (Å²) in [5, 5.41) is 4.99. The third-order valence-corrected chi connectivity index (χ3v) is 2.26. The summed E-state index contributed by atoms with van der Waals surface area (Å²) >= 11 is 0. The van der Waals surface area contributed by atoms with Crippen LogP contribution in [0.3, 0.4) is 0 Å². The van der Waals surface area contributed by atoms with Crippen molar-refractivity contribution in [2.75, 3.05) is 5.32 Å². The molecule has 96 valence electrons. The molecule has 6 heteroatoms. The van der Waals surface area contributed by atoms with Crippen LogP contribution in [0.1, 0.15) is 24.2 Å². The largest absolute Gasteiger partial charge is 0.368 e. The van der Waals surface area contributed by atoms with Crippen molar-refractivity contribution in [1.82, 2.24) is 5.32 Å². The Morgan fingerprint density at radius 2 is 1.83 bits per heavy atom. The molecule has 0 unspecified atom stereocenters. The van der Waals surface area contributed by atoms with Crippen LogP contribution in [0, 0.1) is 0 Å². The summed E-state index contributed by atoms with van der Waals surface area (Å²) in [5.41, 5.74) is 5.72. The lowest BCUT2D eigenvalue weighted by Crippen LogP contribution is -2.42. The van der Waals surface area contributed by atoms with Gasteiger partial charge in [0.25, 0.3) is 5.91 Å². The fourth-order valence-electron chi connectivity index (χ4n) is 1.33. The predicted molar refractivity (Wildman–Crippen MR) is 66.9 cm³/mol. The highest BCUT2D eigenvalue weighted by atomic mass is 16.2. The van der Waals surface area contributed by atoms with Crippen molar-refractivity contribution in [2.45, 2.75) is 19.9 Å². The monoisotopic (exact) mass is 249 g/mol. The van der Waals surface area contributed by atoms with Crippen molar-refractivity contribution in [2.24, 2.45) is 5.73 Å². The van der Waals surface area contributed by atoms with E-state index in [4.69, 9.17) is 5.73 Å². The van der Waals surface area contributed by atoms with Crippen molar-refractivity contribution < 1.29 is 14.4 Å². The van der Waals surface area contributed by atoms with E-state index in [2.05, 4.69) is 10.6 Å². The van der Waals surface area contributed by atoms with Crippen LogP contribution in [-0.2, 0) is 9.59 Å². The smallest absolute Gasteiger partial charge is 0.254 e. The number of amides is 3. The molecule has 0 bridgehead atoms. The number of nitrogens with one attached hydrogen (secondary N) is 2. The second-order valence-electron chi connectivity index (χ2n) is 3.82. The molecule has 0 radical (unpaired) electrons. The topological polar surface area (TPSA) is 101 Å². The molecule has 18 heavy (non-hydrogen) atoms. The van der Waals surface area contributed by atoms with Gasteiger partial charge < -0.3 is 16.4 Å². The molecule has 0 aromatic heterocycles. The van der Waals surface area contributed by atoms with Gasteiger partial charge in [0.2, 0.25) is 11.8 Å². The van der Waals surface area contributed by atoms with E-state index in [-0.39, 0.29) is 11.5 Å². The summed E-state index contributed by atoms with van der Waals surface area (Å²) in [5.74, 6) is -1.37. The number of carbonyl (C=O) groups is 3. The normalized spacial score (nSPS) is 11.4. The second-order valence-corrected chi connectivity index (χ2v) is 3.82. The van der Waals surface area contributed by atoms with Gasteiger partial charge in [-0.25, -0.2) is 0 Å². The highest BCUT2D eigenvalue weighted by Crippen LogP contribution is 2.14. The van der Waals surface area contributed by atoms with Crippen LogP contribution in [0.4, 0.5) is 5.69 Å². The highest BCUT2D eigenvalue weighted by molar-refractivity contribution is 6.04. The van der Waals surface area contributed by atoms with Crippen molar-refractivity contribution in [1.29, 1.82) is 0 Å². The summed E-state index contributed by atoms with van der Waals surface area (Å²) in [6, 6.07) is 5.73. The molecular formula is C12H15N3O3. The third kappa shape index (κ3) is 3.58. The number of benzene rings is 1. The van der Waals surface area contributed by atoms with Crippen molar-refractivity contribution in [3.63, 3.8) is 0 Å². The molecule has 1 aromatic rings. The van der Waals surface area contributed by atoms with Gasteiger partial charge in [-0.1, -0.05) is 12.1 Å². The molecule has 1 aromatic carbocycles. The molecule has 0 fully saturated rings. The van der Waals surface area contributed by atoms with Gasteiger partial charge in [0.05, 0.1) is 11.3 Å². The Kier molecular flexibility index (Phi) is 4.42. The van der Waals surface area contributed by atoms with Crippen LogP contribution in [0.25, 0.3) is 0 Å². The van der Waals surface area contributed by atoms with Crippen LogP contribution in [0.2, 0.25) is 0 Å². The SMILES string of the molecule is CC(=O)Nc1ccccc1C(=O)N[C@@H](C)C(N)=O. The Labute approximate surface area is 105 Å². The summed E-state index contributed by atoms with van der Waals surface area (Å²) in [4.78, 5) is 33.8. The molecule has 0 aliphatic heterocycles. The molecule has 6 nitrogen and oxygen atoms in total. The van der Waals surface area contributed by atoms with E-state index in [9.17, 15) is 14.4 Å². The fourth-order valence-corrected chi connectivity index (χ4v) is 1.33. The molecule has 0 aliphatic rings. The predicted octanol–water partition coefficient (Wildman–Crippen LogP) is 0.249. The number of anilines is 1. The lowest BCUT2D eigenvalue weighted by atomic mass is 10.1. The number of carbonyl (C=O) groups excluding carboxylic acids is 3. The quantitative estimate of drug-likeness (QED) is 0.712. The third-order valence-electron chi connectivity index (χ3n) is 2.26. The summed E-state index contributed by atoms with van der Waals surface area (Å²) in [6.07, 6.45) is 0. The van der Waals surface area contributed by atoms with E-state index in [1.54, 1.807) is 24.3 Å². The van der Waals surface area contributed by atoms with E-state index in [1.165, 1.54) is 13.8 Å². The molecule has 1 rings (SSSR count). The lowest BCUT2D eigenvalue weighted by Gasteiger charge is -2.13. The maximum Gasteiger partial charge on any atom is 0.254 e. The first-order valence-corrected chi connectivity index (χ1v) is 5.38. The van der Waals surface area contributed by atoms with Crippen molar-refractivity contribution in [3.8, 4) is 0 Å². The second kappa shape index (κ2) is 5.81. The minimum Gasteiger partial charge on any atom is -0.368 e. The minimum absolute atomic E-state index is 0.279. The summed E-state index contributed by atoms with van der Waals surface area (Å²) < 4.78 is 0. The fraction of sp³-hybridized carbons (Fsp3) is 0.250. The number of para-hydroxylation sites is 1. The molecule has 0 heterocycles. The maximum absolute atomic E-state index is 11.9. The minimum atomic E-state index is -0.775. The maximum atomic E-state index is 11.9. The van der Waals surface area contributed by atoms with E-state index in [1.807, 2.05) is 0 Å². The average molecular weight is 249 g/mol. The van der Waals surface area contributed by atoms with Gasteiger partial charge in [-0.2, -0.15) is 0 Å². The zero-order valence-electron chi connectivity index (χ0n) is 10.2. The molecule has 0 spiro atoms. The van der Waals surface area contributed by atoms with Gasteiger partial charge in [0, 0.05) is 6.92 Å². The van der Waals surface area contributed by atoms with E-state index < -0.39 is 17.9 Å². The van der Waals surface area contributed by atoms with Crippen molar-refractivity contribution in [3.05, 3.63) is 29.8 Å². The molecule has 0 saturated carbocycles. The molecular weight excluding hydrogens is 234 g/mol. The number of nitrogens with two attached hydrogens (primary N) is 1. The number of primary amides is 1. The molecule has 3 amide bonds. The average Bonchev–Trinajstić information content (AvgIpc) is 2.28. The zero-order valence-corrected chi connectivity index (χ0v) is 10.2. The van der Waals surface area contributed by atoms with Gasteiger partial charge in [-0.05, 0) is 19.1 Å². The molecule has 1 atom stereocenters. The van der Waals surface area contributed by atoms with Gasteiger partial charge in [-0.3, -0.25) is 14.4 Å². The van der Waals surface area contributed by atoms with Gasteiger partial charge in [-0.15, -0.1) is 0 Å². The van der Waals surface area contributed by atoms with Crippen LogP contribution < -0.4 is 16.4 Å². The lowest BCUT2D eigenvalue weighted by molar-refractivity contribution is -0.119. The first-order valence-electron chi connectivity index (χ1n) is 5.38. The number of rotatable bonds is 4. The van der Waals surface area contributed by atoms with Crippen molar-refractivity contribution >= 4 is 23.4 Å². The Morgan fingerprint density at radius 3 is 2.39 bits per heavy atom. The molecule has 4 N–H and O–H groups in total. The van der Waals surface area contributed by atoms with E-state index in [0.29, 0.717) is 5.69 Å². The van der Waals surface area contributed by atoms with E-state index >= 15 is 0 Å². The first kappa shape index (κ1) is 13.7. The Balaban J connectivity index is 2.91. The zero-order chi connectivity index (χ0) is 13.7. The van der Waals surface area contributed by atoms with Crippen LogP contribution in [0.15, 0.2) is 24.3 Å². The molecule has 0 saturated heterocycles.